The molecule has 1 amide bonds. The van der Waals surface area contributed by atoms with Gasteiger partial charge in [-0.3, -0.25) is 9.52 Å². The van der Waals surface area contributed by atoms with Gasteiger partial charge in [-0.25, -0.2) is 8.42 Å². The summed E-state index contributed by atoms with van der Waals surface area (Å²) in [4.78, 5) is 14.5. The van der Waals surface area contributed by atoms with Crippen LogP contribution in [0.4, 0.5) is 10.7 Å². The van der Waals surface area contributed by atoms with Gasteiger partial charge >= 0.3 is 0 Å². The van der Waals surface area contributed by atoms with Crippen molar-refractivity contribution in [3.63, 3.8) is 0 Å². The molecule has 0 unspecified atom stereocenters. The first-order chi connectivity index (χ1) is 16.3. The van der Waals surface area contributed by atoms with Gasteiger partial charge in [0.1, 0.15) is 5.00 Å². The van der Waals surface area contributed by atoms with Crippen LogP contribution in [-0.2, 0) is 22.9 Å². The molecule has 3 aromatic carbocycles. The lowest BCUT2D eigenvalue weighted by atomic mass is 9.95. The normalized spacial score (nSPS) is 13.5. The fraction of sp³-hybridized carbons (Fsp3) is 0.192. The lowest BCUT2D eigenvalue weighted by Gasteiger charge is -2.14. The molecule has 0 atom stereocenters. The van der Waals surface area contributed by atoms with Crippen LogP contribution >= 0.6 is 22.9 Å². The van der Waals surface area contributed by atoms with Gasteiger partial charge in [0.15, 0.2) is 0 Å². The van der Waals surface area contributed by atoms with Crippen LogP contribution in [0.1, 0.15) is 39.2 Å². The summed E-state index contributed by atoms with van der Waals surface area (Å²) in [6, 6.07) is 17.9. The number of amides is 1. The van der Waals surface area contributed by atoms with Crippen LogP contribution in [0.5, 0.6) is 0 Å². The number of anilines is 2. The largest absolute Gasteiger partial charge is 0.322 e. The molecular weight excluding hydrogens is 488 g/mol. The smallest absolute Gasteiger partial charge is 0.263 e. The van der Waals surface area contributed by atoms with Gasteiger partial charge in [0.25, 0.3) is 15.9 Å². The fourth-order valence-corrected chi connectivity index (χ4v) is 7.56. The van der Waals surface area contributed by atoms with E-state index in [1.165, 1.54) is 17.4 Å². The van der Waals surface area contributed by atoms with E-state index in [2.05, 4.69) is 10.0 Å². The average Bonchev–Trinajstić information content (AvgIpc) is 3.17. The lowest BCUT2D eigenvalue weighted by Crippen LogP contribution is -2.19. The van der Waals surface area contributed by atoms with E-state index in [1.54, 1.807) is 18.2 Å². The van der Waals surface area contributed by atoms with Crippen molar-refractivity contribution in [2.75, 3.05) is 10.0 Å². The van der Waals surface area contributed by atoms with E-state index >= 15 is 0 Å². The minimum Gasteiger partial charge on any atom is -0.322 e. The van der Waals surface area contributed by atoms with E-state index in [4.69, 9.17) is 11.6 Å². The van der Waals surface area contributed by atoms with Crippen LogP contribution in [0.3, 0.4) is 0 Å². The summed E-state index contributed by atoms with van der Waals surface area (Å²) < 4.78 is 29.8. The molecule has 5 nitrogen and oxygen atoms in total. The third-order valence-electron chi connectivity index (χ3n) is 6.04. The second kappa shape index (κ2) is 9.06. The van der Waals surface area contributed by atoms with Gasteiger partial charge in [0.05, 0.1) is 10.5 Å². The molecule has 0 radical (unpaired) electrons. The topological polar surface area (TPSA) is 75.3 Å². The van der Waals surface area contributed by atoms with E-state index in [0.29, 0.717) is 26.7 Å². The molecule has 4 aromatic rings. The Morgan fingerprint density at radius 2 is 1.68 bits per heavy atom. The average molecular weight is 511 g/mol. The van der Waals surface area contributed by atoms with Crippen molar-refractivity contribution in [2.45, 2.75) is 37.5 Å². The Hall–Kier alpha value is -2.87. The molecular formula is C26H23ClN2O3S2. The molecule has 0 saturated heterocycles. The highest BCUT2D eigenvalue weighted by Crippen LogP contribution is 2.40. The van der Waals surface area contributed by atoms with Crippen molar-refractivity contribution < 1.29 is 13.2 Å². The van der Waals surface area contributed by atoms with Crippen LogP contribution in [0.2, 0.25) is 5.02 Å². The molecule has 1 aliphatic rings. The Kier molecular flexibility index (Phi) is 6.10. The molecule has 8 heteroatoms. The summed E-state index contributed by atoms with van der Waals surface area (Å²) in [5.41, 5.74) is 3.11. The van der Waals surface area contributed by atoms with Crippen molar-refractivity contribution in [3.8, 4) is 0 Å². The zero-order chi connectivity index (χ0) is 23.9. The van der Waals surface area contributed by atoms with Crippen molar-refractivity contribution in [3.05, 3.63) is 87.3 Å². The summed E-state index contributed by atoms with van der Waals surface area (Å²) in [6.45, 7) is 1.98. The first-order valence-electron chi connectivity index (χ1n) is 11.1. The van der Waals surface area contributed by atoms with Gasteiger partial charge in [-0.2, -0.15) is 0 Å². The van der Waals surface area contributed by atoms with Crippen molar-refractivity contribution in [1.82, 2.24) is 0 Å². The van der Waals surface area contributed by atoms with Crippen LogP contribution in [0.25, 0.3) is 10.8 Å². The van der Waals surface area contributed by atoms with E-state index in [0.717, 1.165) is 47.1 Å². The van der Waals surface area contributed by atoms with Crippen LogP contribution in [0.15, 0.2) is 65.6 Å². The molecule has 1 aliphatic carbocycles. The lowest BCUT2D eigenvalue weighted by molar-refractivity contribution is 0.102. The molecule has 1 aromatic heterocycles. The maximum absolute atomic E-state index is 13.6. The third kappa shape index (κ3) is 4.31. The standard InChI is InChI=1S/C26H23ClN2O3S2/c1-16-12-14-18(15-13-16)28-25(30)24-19-8-2-3-10-21(19)33-26(24)29-34(31,32)22-11-5-7-17-6-4-9-20(27)23(17)22/h4-7,9,11-15,29H,2-3,8,10H2,1H3,(H,28,30). The number of carbonyl (C=O) groups excluding carboxylic acids is 1. The number of fused-ring (bicyclic) bond motifs is 2. The predicted molar refractivity (Wildman–Crippen MR) is 140 cm³/mol. The highest BCUT2D eigenvalue weighted by Gasteiger charge is 2.29. The van der Waals surface area contributed by atoms with Crippen LogP contribution in [0, 0.1) is 6.92 Å². The van der Waals surface area contributed by atoms with Gasteiger partial charge in [-0.15, -0.1) is 11.3 Å². The van der Waals surface area contributed by atoms with Crippen LogP contribution in [-0.4, -0.2) is 14.3 Å². The fourth-order valence-electron chi connectivity index (χ4n) is 4.37. The van der Waals surface area contributed by atoms with Crippen molar-refractivity contribution in [1.29, 1.82) is 0 Å². The number of rotatable bonds is 5. The monoisotopic (exact) mass is 510 g/mol. The maximum Gasteiger partial charge on any atom is 0.263 e. The molecule has 2 N–H and O–H groups in total. The molecule has 0 aliphatic heterocycles. The minimum absolute atomic E-state index is 0.0897. The number of thiophene rings is 1. The summed E-state index contributed by atoms with van der Waals surface area (Å²) >= 11 is 7.73. The summed E-state index contributed by atoms with van der Waals surface area (Å²) in [5.74, 6) is -0.308. The Bertz CT molecular complexity index is 1500. The molecule has 34 heavy (non-hydrogen) atoms. The number of benzene rings is 3. The maximum atomic E-state index is 13.6. The first kappa shape index (κ1) is 22.9. The Morgan fingerprint density at radius 3 is 2.44 bits per heavy atom. The highest BCUT2D eigenvalue weighted by atomic mass is 35.5. The number of halogens is 1. The summed E-state index contributed by atoms with van der Waals surface area (Å²) in [5, 5.41) is 4.85. The van der Waals surface area contributed by atoms with Gasteiger partial charge in [-0.1, -0.05) is 53.6 Å². The van der Waals surface area contributed by atoms with Gasteiger partial charge < -0.3 is 5.32 Å². The summed E-state index contributed by atoms with van der Waals surface area (Å²) in [6.07, 6.45) is 3.59. The van der Waals surface area contributed by atoms with E-state index < -0.39 is 10.0 Å². The SMILES string of the molecule is Cc1ccc(NC(=O)c2c(NS(=O)(=O)c3cccc4cccc(Cl)c34)sc3c2CCCC3)cc1. The second-order valence-corrected chi connectivity index (χ2v) is 11.6. The molecule has 0 saturated carbocycles. The molecule has 0 bridgehead atoms. The van der Waals surface area contributed by atoms with Gasteiger partial charge in [0, 0.05) is 21.0 Å². The van der Waals surface area contributed by atoms with Gasteiger partial charge in [-0.05, 0) is 67.8 Å². The molecule has 0 fully saturated rings. The van der Waals surface area contributed by atoms with Gasteiger partial charge in [0.2, 0.25) is 0 Å². The second-order valence-electron chi connectivity index (χ2n) is 8.43. The number of hydrogen-bond acceptors (Lipinski definition) is 4. The van der Waals surface area contributed by atoms with Crippen molar-refractivity contribution >= 4 is 60.3 Å². The van der Waals surface area contributed by atoms with E-state index in [1.807, 2.05) is 43.3 Å². The first-order valence-corrected chi connectivity index (χ1v) is 13.7. The zero-order valence-electron chi connectivity index (χ0n) is 18.5. The third-order valence-corrected chi connectivity index (χ3v) is 9.08. The van der Waals surface area contributed by atoms with Crippen molar-refractivity contribution in [2.24, 2.45) is 0 Å². The van der Waals surface area contributed by atoms with E-state index in [9.17, 15) is 13.2 Å². The Labute approximate surface area is 207 Å². The molecule has 1 heterocycles. The highest BCUT2D eigenvalue weighted by molar-refractivity contribution is 7.93. The minimum atomic E-state index is -4.00. The molecule has 174 valence electrons. The number of carbonyl (C=O) groups is 1. The van der Waals surface area contributed by atoms with Crippen LogP contribution < -0.4 is 10.0 Å². The predicted octanol–water partition coefficient (Wildman–Crippen LogP) is 6.80. The number of hydrogen-bond donors (Lipinski definition) is 2. The summed E-state index contributed by atoms with van der Waals surface area (Å²) in [7, 11) is -4.00. The molecule has 5 rings (SSSR count). The number of aryl methyl sites for hydroxylation is 2. The van der Waals surface area contributed by atoms with E-state index in [-0.39, 0.29) is 10.8 Å². The quantitative estimate of drug-likeness (QED) is 0.310. The Balaban J connectivity index is 1.56. The molecule has 0 spiro atoms. The zero-order valence-corrected chi connectivity index (χ0v) is 20.9. The Morgan fingerprint density at radius 1 is 0.971 bits per heavy atom. The number of sulfonamides is 1. The number of nitrogens with one attached hydrogen (secondary N) is 2.